The van der Waals surface area contributed by atoms with Gasteiger partial charge in [0.1, 0.15) is 0 Å². The van der Waals surface area contributed by atoms with E-state index in [2.05, 4.69) is 15.8 Å². The minimum atomic E-state index is -3.82. The lowest BCUT2D eigenvalue weighted by molar-refractivity contribution is 0.0966. The zero-order valence-electron chi connectivity index (χ0n) is 13.4. The molecular formula is C12H27NO7S. The summed E-state index contributed by atoms with van der Waals surface area (Å²) in [6, 6.07) is 0. The fourth-order valence-electron chi connectivity index (χ4n) is 1.34. The second kappa shape index (κ2) is 12.8. The molecule has 0 saturated carbocycles. The van der Waals surface area contributed by atoms with E-state index in [9.17, 15) is 13.2 Å². The third-order valence-corrected chi connectivity index (χ3v) is 3.09. The summed E-state index contributed by atoms with van der Waals surface area (Å²) in [6.07, 6.45) is 1.14. The van der Waals surface area contributed by atoms with Crippen LogP contribution in [0.4, 0.5) is 4.79 Å². The van der Waals surface area contributed by atoms with Crippen LogP contribution in [0.2, 0.25) is 0 Å². The Morgan fingerprint density at radius 2 is 1.86 bits per heavy atom. The second-order valence-electron chi connectivity index (χ2n) is 4.40. The largest absolute Gasteiger partial charge is 0.505 e. The Hall–Kier alpha value is -0.900. The molecule has 21 heavy (non-hydrogen) atoms. The van der Waals surface area contributed by atoms with Crippen LogP contribution >= 0.6 is 0 Å². The summed E-state index contributed by atoms with van der Waals surface area (Å²) in [5.74, 6) is 0. The van der Waals surface area contributed by atoms with E-state index in [1.54, 1.807) is 6.92 Å². The molecule has 0 rings (SSSR count). The SMILES string of the molecule is CCCCC(CN(C)C)OS(=O)(=O)OC.CCOC(=O)O. The average molecular weight is 329 g/mol. The number of carboxylic acid groups (broad SMARTS) is 1. The van der Waals surface area contributed by atoms with Crippen molar-refractivity contribution in [3.05, 3.63) is 0 Å². The van der Waals surface area contributed by atoms with Gasteiger partial charge in [0.2, 0.25) is 0 Å². The number of rotatable bonds is 9. The van der Waals surface area contributed by atoms with Crippen molar-refractivity contribution in [2.75, 3.05) is 34.4 Å². The zero-order valence-corrected chi connectivity index (χ0v) is 14.2. The van der Waals surface area contributed by atoms with Crippen molar-refractivity contribution in [3.8, 4) is 0 Å². The van der Waals surface area contributed by atoms with Gasteiger partial charge in [-0.25, -0.2) is 8.98 Å². The lowest BCUT2D eigenvalue weighted by Gasteiger charge is -2.19. The van der Waals surface area contributed by atoms with Gasteiger partial charge in [-0.1, -0.05) is 19.8 Å². The van der Waals surface area contributed by atoms with Gasteiger partial charge in [0.15, 0.2) is 0 Å². The van der Waals surface area contributed by atoms with E-state index in [4.69, 9.17) is 9.29 Å². The minimum absolute atomic E-state index is 0.231. The molecule has 1 unspecified atom stereocenters. The van der Waals surface area contributed by atoms with E-state index >= 15 is 0 Å². The van der Waals surface area contributed by atoms with Crippen LogP contribution in [-0.2, 0) is 23.5 Å². The van der Waals surface area contributed by atoms with E-state index in [0.717, 1.165) is 26.4 Å². The van der Waals surface area contributed by atoms with Crippen molar-refractivity contribution in [1.29, 1.82) is 0 Å². The van der Waals surface area contributed by atoms with E-state index < -0.39 is 16.6 Å². The lowest BCUT2D eigenvalue weighted by atomic mass is 10.1. The highest BCUT2D eigenvalue weighted by Gasteiger charge is 2.19. The number of carbonyl (C=O) groups is 1. The molecule has 8 nitrogen and oxygen atoms in total. The minimum Gasteiger partial charge on any atom is -0.450 e. The summed E-state index contributed by atoms with van der Waals surface area (Å²) in [4.78, 5) is 11.3. The predicted molar refractivity (Wildman–Crippen MR) is 78.5 cm³/mol. The molecule has 9 heteroatoms. The van der Waals surface area contributed by atoms with E-state index in [0.29, 0.717) is 6.54 Å². The summed E-state index contributed by atoms with van der Waals surface area (Å²) in [7, 11) is 1.03. The van der Waals surface area contributed by atoms with Gasteiger partial charge in [-0.05, 0) is 27.4 Å². The third-order valence-electron chi connectivity index (χ3n) is 2.17. The van der Waals surface area contributed by atoms with Crippen molar-refractivity contribution >= 4 is 16.6 Å². The fraction of sp³-hybridized carbons (Fsp3) is 0.917. The molecule has 0 radical (unpaired) electrons. The maximum Gasteiger partial charge on any atom is 0.505 e. The highest BCUT2D eigenvalue weighted by atomic mass is 32.3. The molecular weight excluding hydrogens is 302 g/mol. The number of hydrogen-bond acceptors (Lipinski definition) is 7. The Morgan fingerprint density at radius 1 is 1.29 bits per heavy atom. The molecule has 0 heterocycles. The molecule has 1 N–H and O–H groups in total. The molecule has 0 amide bonds. The van der Waals surface area contributed by atoms with Gasteiger partial charge in [-0.3, -0.25) is 4.18 Å². The van der Waals surface area contributed by atoms with Crippen LogP contribution in [0.5, 0.6) is 0 Å². The molecule has 0 spiro atoms. The summed E-state index contributed by atoms with van der Waals surface area (Å²) in [5, 5.41) is 7.69. The predicted octanol–water partition coefficient (Wildman–Crippen LogP) is 1.72. The first-order chi connectivity index (χ1) is 9.68. The molecule has 0 fully saturated rings. The van der Waals surface area contributed by atoms with Crippen LogP contribution in [0.1, 0.15) is 33.1 Å². The van der Waals surface area contributed by atoms with Crippen molar-refractivity contribution < 1.29 is 31.4 Å². The summed E-state index contributed by atoms with van der Waals surface area (Å²) < 4.78 is 35.3. The second-order valence-corrected chi connectivity index (χ2v) is 5.74. The van der Waals surface area contributed by atoms with Gasteiger partial charge in [-0.15, -0.1) is 0 Å². The lowest BCUT2D eigenvalue weighted by Crippen LogP contribution is -2.30. The molecule has 0 aromatic rings. The van der Waals surface area contributed by atoms with Gasteiger partial charge in [-0.2, -0.15) is 8.42 Å². The number of ether oxygens (including phenoxy) is 1. The van der Waals surface area contributed by atoms with Gasteiger partial charge in [0.05, 0.1) is 19.8 Å². The molecule has 128 valence electrons. The molecule has 0 bridgehead atoms. The first kappa shape index (κ1) is 22.4. The topological polar surface area (TPSA) is 102 Å². The number of nitrogens with zero attached hydrogens (tertiary/aromatic N) is 1. The summed E-state index contributed by atoms with van der Waals surface area (Å²) >= 11 is 0. The van der Waals surface area contributed by atoms with Crippen LogP contribution in [0.3, 0.4) is 0 Å². The normalized spacial score (nSPS) is 12.5. The number of likely N-dealkylation sites (N-methyl/N-ethyl adjacent to an activating group) is 1. The van der Waals surface area contributed by atoms with E-state index in [1.807, 2.05) is 19.0 Å². The maximum atomic E-state index is 11.1. The summed E-state index contributed by atoms with van der Waals surface area (Å²) in [6.45, 7) is 4.48. The Morgan fingerprint density at radius 3 is 2.14 bits per heavy atom. The molecule has 0 aromatic heterocycles. The van der Waals surface area contributed by atoms with Gasteiger partial charge >= 0.3 is 16.6 Å². The van der Waals surface area contributed by atoms with Crippen LogP contribution in [-0.4, -0.2) is 65.0 Å². The number of unbranched alkanes of at least 4 members (excludes halogenated alkanes) is 1. The Balaban J connectivity index is 0. The molecule has 0 aliphatic carbocycles. The molecule has 0 aliphatic rings. The third kappa shape index (κ3) is 17.0. The monoisotopic (exact) mass is 329 g/mol. The van der Waals surface area contributed by atoms with Crippen molar-refractivity contribution in [2.24, 2.45) is 0 Å². The molecule has 1 atom stereocenters. The smallest absolute Gasteiger partial charge is 0.450 e. The molecule has 0 aliphatic heterocycles. The van der Waals surface area contributed by atoms with Crippen molar-refractivity contribution in [1.82, 2.24) is 4.90 Å². The van der Waals surface area contributed by atoms with Gasteiger partial charge in [0.25, 0.3) is 0 Å². The Bertz CT molecular complexity index is 357. The average Bonchev–Trinajstić information content (AvgIpc) is 2.35. The van der Waals surface area contributed by atoms with Crippen LogP contribution < -0.4 is 0 Å². The van der Waals surface area contributed by atoms with Crippen LogP contribution in [0.15, 0.2) is 0 Å². The first-order valence-electron chi connectivity index (χ1n) is 6.67. The van der Waals surface area contributed by atoms with Crippen molar-refractivity contribution in [2.45, 2.75) is 39.2 Å². The van der Waals surface area contributed by atoms with E-state index in [-0.39, 0.29) is 12.7 Å². The molecule has 0 saturated heterocycles. The van der Waals surface area contributed by atoms with Crippen LogP contribution in [0, 0.1) is 0 Å². The van der Waals surface area contributed by atoms with Gasteiger partial charge < -0.3 is 14.7 Å². The Kier molecular flexibility index (Phi) is 13.7. The van der Waals surface area contributed by atoms with E-state index in [1.165, 1.54) is 0 Å². The summed E-state index contributed by atoms with van der Waals surface area (Å²) in [5.41, 5.74) is 0. The first-order valence-corrected chi connectivity index (χ1v) is 8.01. The molecule has 0 aromatic carbocycles. The number of hydrogen-bond donors (Lipinski definition) is 1. The maximum absolute atomic E-state index is 11.1. The highest BCUT2D eigenvalue weighted by Crippen LogP contribution is 2.10. The quantitative estimate of drug-likeness (QED) is 0.638. The highest BCUT2D eigenvalue weighted by molar-refractivity contribution is 7.81. The van der Waals surface area contributed by atoms with Gasteiger partial charge in [0, 0.05) is 6.54 Å². The zero-order chi connectivity index (χ0) is 16.9. The Labute approximate surface area is 127 Å². The standard InChI is InChI=1S/C9H21NO4S.C3H6O3/c1-5-6-7-9(8-10(2)3)14-15(11,12)13-4;1-2-6-3(4)5/h9H,5-8H2,1-4H3;2H2,1H3,(H,4,5). The van der Waals surface area contributed by atoms with Crippen LogP contribution in [0.25, 0.3) is 0 Å². The fourth-order valence-corrected chi connectivity index (χ4v) is 1.91. The van der Waals surface area contributed by atoms with Crippen molar-refractivity contribution in [3.63, 3.8) is 0 Å².